The van der Waals surface area contributed by atoms with E-state index in [9.17, 15) is 0 Å². The highest BCUT2D eigenvalue weighted by atomic mass is 16.5. The quantitative estimate of drug-likeness (QED) is 0.716. The molecule has 1 fully saturated rings. The van der Waals surface area contributed by atoms with Crippen LogP contribution in [0.2, 0.25) is 0 Å². The summed E-state index contributed by atoms with van der Waals surface area (Å²) < 4.78 is 12.4. The minimum atomic E-state index is 0.463. The zero-order valence-corrected chi connectivity index (χ0v) is 14.8. The molecule has 1 aromatic carbocycles. The molecule has 4 rings (SSSR count). The van der Waals surface area contributed by atoms with Gasteiger partial charge in [-0.2, -0.15) is 5.10 Å². The average Bonchev–Trinajstić information content (AvgIpc) is 3.16. The van der Waals surface area contributed by atoms with Crippen molar-refractivity contribution < 1.29 is 9.26 Å². The number of para-hydroxylation sites is 1. The van der Waals surface area contributed by atoms with Crippen LogP contribution in [0.1, 0.15) is 22.7 Å². The first-order valence-corrected chi connectivity index (χ1v) is 8.45. The standard InChI is InChI=1S/C19H22N4O2/c1-13-12-25-21-18(13)15-10-23(11-15)9-14-8-22(2)20-19(14)16-6-4-5-7-17(16)24-3/h4-8,12,15H,9-11H2,1-3H3. The summed E-state index contributed by atoms with van der Waals surface area (Å²) in [5.41, 5.74) is 5.46. The number of nitrogens with zero attached hydrogens (tertiary/aromatic N) is 4. The molecule has 0 radical (unpaired) electrons. The molecule has 0 bridgehead atoms. The van der Waals surface area contributed by atoms with Crippen LogP contribution in [0.3, 0.4) is 0 Å². The van der Waals surface area contributed by atoms with Crippen molar-refractivity contribution in [3.05, 3.63) is 53.5 Å². The smallest absolute Gasteiger partial charge is 0.128 e. The molecule has 0 unspecified atom stereocenters. The third-order valence-corrected chi connectivity index (χ3v) is 4.79. The molecular formula is C19H22N4O2. The van der Waals surface area contributed by atoms with Crippen molar-refractivity contribution in [2.75, 3.05) is 20.2 Å². The zero-order valence-electron chi connectivity index (χ0n) is 14.8. The highest BCUT2D eigenvalue weighted by Crippen LogP contribution is 2.34. The number of likely N-dealkylation sites (tertiary alicyclic amines) is 1. The van der Waals surface area contributed by atoms with Crippen molar-refractivity contribution in [1.29, 1.82) is 0 Å². The van der Waals surface area contributed by atoms with Gasteiger partial charge in [-0.3, -0.25) is 9.58 Å². The second-order valence-electron chi connectivity index (χ2n) is 6.65. The summed E-state index contributed by atoms with van der Waals surface area (Å²) in [6, 6.07) is 8.03. The Labute approximate surface area is 147 Å². The fraction of sp³-hybridized carbons (Fsp3) is 0.368. The van der Waals surface area contributed by atoms with E-state index < -0.39 is 0 Å². The molecule has 0 atom stereocenters. The molecule has 1 aliphatic rings. The maximum absolute atomic E-state index is 5.51. The zero-order chi connectivity index (χ0) is 17.4. The number of aromatic nitrogens is 3. The average molecular weight is 338 g/mol. The van der Waals surface area contributed by atoms with Gasteiger partial charge in [0.1, 0.15) is 17.7 Å². The lowest BCUT2D eigenvalue weighted by Crippen LogP contribution is -2.44. The van der Waals surface area contributed by atoms with Gasteiger partial charge >= 0.3 is 0 Å². The van der Waals surface area contributed by atoms with Gasteiger partial charge in [-0.15, -0.1) is 0 Å². The van der Waals surface area contributed by atoms with Crippen molar-refractivity contribution in [3.63, 3.8) is 0 Å². The SMILES string of the molecule is COc1ccccc1-c1nn(C)cc1CN1CC(c2nocc2C)C1. The number of hydrogen-bond acceptors (Lipinski definition) is 5. The Balaban J connectivity index is 1.52. The van der Waals surface area contributed by atoms with Crippen molar-refractivity contribution >= 4 is 0 Å². The molecule has 0 saturated carbocycles. The first-order chi connectivity index (χ1) is 12.2. The summed E-state index contributed by atoms with van der Waals surface area (Å²) in [5, 5.41) is 8.80. The van der Waals surface area contributed by atoms with Crippen molar-refractivity contribution in [1.82, 2.24) is 19.8 Å². The normalized spacial score (nSPS) is 15.3. The fourth-order valence-electron chi connectivity index (χ4n) is 3.52. The van der Waals surface area contributed by atoms with Gasteiger partial charge in [0.15, 0.2) is 0 Å². The fourth-order valence-corrected chi connectivity index (χ4v) is 3.52. The molecule has 0 spiro atoms. The molecule has 0 N–H and O–H groups in total. The second-order valence-corrected chi connectivity index (χ2v) is 6.65. The first kappa shape index (κ1) is 15.9. The molecule has 6 nitrogen and oxygen atoms in total. The van der Waals surface area contributed by atoms with Crippen LogP contribution >= 0.6 is 0 Å². The second kappa shape index (κ2) is 6.37. The van der Waals surface area contributed by atoms with E-state index in [2.05, 4.69) is 34.3 Å². The third kappa shape index (κ3) is 2.93. The molecule has 3 heterocycles. The van der Waals surface area contributed by atoms with E-state index in [1.807, 2.05) is 29.9 Å². The Morgan fingerprint density at radius 3 is 2.80 bits per heavy atom. The highest BCUT2D eigenvalue weighted by Gasteiger charge is 2.32. The van der Waals surface area contributed by atoms with E-state index in [0.717, 1.165) is 47.9 Å². The number of aryl methyl sites for hydroxylation is 2. The van der Waals surface area contributed by atoms with E-state index in [4.69, 9.17) is 9.26 Å². The Hall–Kier alpha value is -2.60. The lowest BCUT2D eigenvalue weighted by Gasteiger charge is -2.38. The van der Waals surface area contributed by atoms with Crippen molar-refractivity contribution in [3.8, 4) is 17.0 Å². The van der Waals surface area contributed by atoms with E-state index in [1.165, 1.54) is 5.56 Å². The van der Waals surface area contributed by atoms with E-state index >= 15 is 0 Å². The predicted molar refractivity (Wildman–Crippen MR) is 94.5 cm³/mol. The van der Waals surface area contributed by atoms with Crippen LogP contribution in [0.25, 0.3) is 11.3 Å². The molecule has 1 aliphatic heterocycles. The van der Waals surface area contributed by atoms with Gasteiger partial charge in [0.2, 0.25) is 0 Å². The van der Waals surface area contributed by atoms with E-state index in [0.29, 0.717) is 5.92 Å². The van der Waals surface area contributed by atoms with Crippen LogP contribution in [-0.4, -0.2) is 40.0 Å². The lowest BCUT2D eigenvalue weighted by molar-refractivity contribution is 0.134. The van der Waals surface area contributed by atoms with Crippen LogP contribution in [0, 0.1) is 6.92 Å². The summed E-state index contributed by atoms with van der Waals surface area (Å²) in [4.78, 5) is 2.41. The molecule has 0 aliphatic carbocycles. The maximum Gasteiger partial charge on any atom is 0.128 e. The Kier molecular flexibility index (Phi) is 4.05. The molecule has 1 saturated heterocycles. The van der Waals surface area contributed by atoms with Crippen LogP contribution < -0.4 is 4.74 Å². The van der Waals surface area contributed by atoms with Crippen LogP contribution in [0.4, 0.5) is 0 Å². The van der Waals surface area contributed by atoms with Gasteiger partial charge in [-0.05, 0) is 19.1 Å². The Morgan fingerprint density at radius 1 is 1.28 bits per heavy atom. The van der Waals surface area contributed by atoms with E-state index in [1.54, 1.807) is 13.4 Å². The van der Waals surface area contributed by atoms with Gasteiger partial charge in [0.05, 0.1) is 12.8 Å². The topological polar surface area (TPSA) is 56.3 Å². The molecule has 130 valence electrons. The lowest BCUT2D eigenvalue weighted by atomic mass is 9.93. The summed E-state index contributed by atoms with van der Waals surface area (Å²) in [6.07, 6.45) is 3.81. The van der Waals surface area contributed by atoms with Gasteiger partial charge in [0.25, 0.3) is 0 Å². The third-order valence-electron chi connectivity index (χ3n) is 4.79. The summed E-state index contributed by atoms with van der Waals surface area (Å²) >= 11 is 0. The largest absolute Gasteiger partial charge is 0.496 e. The van der Waals surface area contributed by atoms with E-state index in [-0.39, 0.29) is 0 Å². The summed E-state index contributed by atoms with van der Waals surface area (Å²) in [5.74, 6) is 1.31. The molecule has 25 heavy (non-hydrogen) atoms. The molecule has 6 heteroatoms. The van der Waals surface area contributed by atoms with Crippen molar-refractivity contribution in [2.45, 2.75) is 19.4 Å². The number of benzene rings is 1. The van der Waals surface area contributed by atoms with Crippen molar-refractivity contribution in [2.24, 2.45) is 7.05 Å². The number of rotatable bonds is 5. The van der Waals surface area contributed by atoms with Gasteiger partial charge in [-0.1, -0.05) is 17.3 Å². The highest BCUT2D eigenvalue weighted by molar-refractivity contribution is 5.69. The number of ether oxygens (including phenoxy) is 1. The summed E-state index contributed by atoms with van der Waals surface area (Å²) in [6.45, 7) is 4.91. The number of methoxy groups -OCH3 is 1. The van der Waals surface area contributed by atoms with Gasteiger partial charge in [-0.25, -0.2) is 0 Å². The molecule has 2 aromatic heterocycles. The minimum Gasteiger partial charge on any atom is -0.496 e. The van der Waals surface area contributed by atoms with Crippen LogP contribution in [0.15, 0.2) is 41.2 Å². The maximum atomic E-state index is 5.51. The van der Waals surface area contributed by atoms with Crippen LogP contribution in [-0.2, 0) is 13.6 Å². The minimum absolute atomic E-state index is 0.463. The molecular weight excluding hydrogens is 316 g/mol. The first-order valence-electron chi connectivity index (χ1n) is 8.45. The summed E-state index contributed by atoms with van der Waals surface area (Å²) in [7, 11) is 3.65. The van der Waals surface area contributed by atoms with Gasteiger partial charge < -0.3 is 9.26 Å². The molecule has 3 aromatic rings. The number of hydrogen-bond donors (Lipinski definition) is 0. The Bertz CT molecular complexity index is 877. The monoisotopic (exact) mass is 338 g/mol. The van der Waals surface area contributed by atoms with Gasteiger partial charge in [0, 0.05) is 55.5 Å². The predicted octanol–water partition coefficient (Wildman–Crippen LogP) is 2.99. The molecule has 0 amide bonds. The van der Waals surface area contributed by atoms with Crippen LogP contribution in [0.5, 0.6) is 5.75 Å². The Morgan fingerprint density at radius 2 is 2.08 bits per heavy atom.